The number of carbonyl (C=O) groups is 1. The Morgan fingerprint density at radius 1 is 1.18 bits per heavy atom. The number of likely N-dealkylation sites (N-methyl/N-ethyl adjacent to an activating group) is 1. The van der Waals surface area contributed by atoms with Crippen molar-refractivity contribution in [2.45, 2.75) is 11.8 Å². The average Bonchev–Trinajstić information content (AvgIpc) is 2.62. The number of nitrogens with one attached hydrogen (secondary N) is 1. The zero-order chi connectivity index (χ0) is 20.7. The number of hydrogen-bond acceptors (Lipinski definition) is 6. The largest absolute Gasteiger partial charge is 0.495 e. The van der Waals surface area contributed by atoms with E-state index >= 15 is 0 Å². The van der Waals surface area contributed by atoms with Crippen LogP contribution in [-0.2, 0) is 14.8 Å². The summed E-state index contributed by atoms with van der Waals surface area (Å²) >= 11 is 0. The second kappa shape index (κ2) is 9.54. The van der Waals surface area contributed by atoms with Gasteiger partial charge in [0.2, 0.25) is 15.9 Å². The van der Waals surface area contributed by atoms with Gasteiger partial charge in [-0.2, -0.15) is 0 Å². The molecule has 0 aliphatic rings. The van der Waals surface area contributed by atoms with E-state index in [0.29, 0.717) is 18.8 Å². The molecule has 3 N–H and O–H groups in total. The normalized spacial score (nSPS) is 11.3. The van der Waals surface area contributed by atoms with E-state index in [1.807, 2.05) is 31.2 Å². The number of methoxy groups -OCH3 is 1. The number of carbonyl (C=O) groups excluding carboxylic acids is 1. The molecule has 0 fully saturated rings. The van der Waals surface area contributed by atoms with E-state index < -0.39 is 10.0 Å². The Hall–Kier alpha value is -2.62. The molecule has 0 aliphatic heterocycles. The zero-order valence-electron chi connectivity index (χ0n) is 16.1. The van der Waals surface area contributed by atoms with Crippen molar-refractivity contribution in [3.05, 3.63) is 48.0 Å². The SMILES string of the molecule is COc1ccc(NC(=O)CN(C)CCOc2ccccc2C)cc1S(N)(=O)=O. The molecule has 0 heterocycles. The number of nitrogens with zero attached hydrogens (tertiary/aromatic N) is 1. The standard InChI is InChI=1S/C19H25N3O5S/c1-14-6-4-5-7-16(14)27-11-10-22(2)13-19(23)21-15-8-9-17(26-3)18(12-15)28(20,24)25/h4-9,12H,10-11,13H2,1-3H3,(H,21,23)(H2,20,24,25). The molecule has 0 unspecified atom stereocenters. The number of para-hydroxylation sites is 1. The number of amides is 1. The number of aryl methyl sites for hydroxylation is 1. The minimum Gasteiger partial charge on any atom is -0.495 e. The summed E-state index contributed by atoms with van der Waals surface area (Å²) in [5.41, 5.74) is 1.37. The summed E-state index contributed by atoms with van der Waals surface area (Å²) in [7, 11) is -0.832. The van der Waals surface area contributed by atoms with Crippen molar-refractivity contribution in [1.29, 1.82) is 0 Å². The van der Waals surface area contributed by atoms with Crippen LogP contribution < -0.4 is 19.9 Å². The molecule has 0 radical (unpaired) electrons. The van der Waals surface area contributed by atoms with Crippen molar-refractivity contribution < 1.29 is 22.7 Å². The number of primary sulfonamides is 1. The van der Waals surface area contributed by atoms with Crippen molar-refractivity contribution in [3.63, 3.8) is 0 Å². The van der Waals surface area contributed by atoms with E-state index in [1.165, 1.54) is 19.2 Å². The first-order valence-corrected chi connectivity index (χ1v) is 10.1. The molecular formula is C19H25N3O5S. The zero-order valence-corrected chi connectivity index (χ0v) is 17.0. The lowest BCUT2D eigenvalue weighted by atomic mass is 10.2. The van der Waals surface area contributed by atoms with Gasteiger partial charge in [-0.1, -0.05) is 18.2 Å². The number of rotatable bonds is 9. The van der Waals surface area contributed by atoms with Crippen LogP contribution in [0.5, 0.6) is 11.5 Å². The molecule has 28 heavy (non-hydrogen) atoms. The molecule has 0 saturated heterocycles. The first-order valence-electron chi connectivity index (χ1n) is 8.58. The monoisotopic (exact) mass is 407 g/mol. The van der Waals surface area contributed by atoms with E-state index in [1.54, 1.807) is 18.0 Å². The molecular weight excluding hydrogens is 382 g/mol. The fraction of sp³-hybridized carbons (Fsp3) is 0.316. The fourth-order valence-corrected chi connectivity index (χ4v) is 3.25. The van der Waals surface area contributed by atoms with E-state index in [-0.39, 0.29) is 23.1 Å². The lowest BCUT2D eigenvalue weighted by Crippen LogP contribution is -2.33. The Bertz CT molecular complexity index is 931. The molecule has 0 spiro atoms. The summed E-state index contributed by atoms with van der Waals surface area (Å²) in [6, 6.07) is 12.0. The number of anilines is 1. The van der Waals surface area contributed by atoms with Crippen LogP contribution in [0.4, 0.5) is 5.69 Å². The van der Waals surface area contributed by atoms with Gasteiger partial charge in [-0.25, -0.2) is 13.6 Å². The Balaban J connectivity index is 1.88. The molecule has 0 saturated carbocycles. The fourth-order valence-electron chi connectivity index (χ4n) is 2.53. The molecule has 9 heteroatoms. The number of hydrogen-bond donors (Lipinski definition) is 2. The van der Waals surface area contributed by atoms with Gasteiger partial charge in [-0.05, 0) is 43.8 Å². The van der Waals surface area contributed by atoms with Crippen molar-refractivity contribution in [1.82, 2.24) is 4.90 Å². The maximum Gasteiger partial charge on any atom is 0.241 e. The topological polar surface area (TPSA) is 111 Å². The highest BCUT2D eigenvalue weighted by atomic mass is 32.2. The Kier molecular flexibility index (Phi) is 7.38. The van der Waals surface area contributed by atoms with Crippen molar-refractivity contribution in [3.8, 4) is 11.5 Å². The first-order chi connectivity index (χ1) is 13.2. The van der Waals surface area contributed by atoms with Crippen LogP contribution in [0.15, 0.2) is 47.4 Å². The van der Waals surface area contributed by atoms with E-state index in [2.05, 4.69) is 5.32 Å². The van der Waals surface area contributed by atoms with Gasteiger partial charge in [0.05, 0.1) is 13.7 Å². The Morgan fingerprint density at radius 3 is 2.54 bits per heavy atom. The minimum atomic E-state index is -3.97. The van der Waals surface area contributed by atoms with Gasteiger partial charge in [0.25, 0.3) is 0 Å². The third-order valence-corrected chi connectivity index (χ3v) is 4.92. The Labute approximate surface area is 165 Å². The van der Waals surface area contributed by atoms with Gasteiger partial charge >= 0.3 is 0 Å². The van der Waals surface area contributed by atoms with Crippen LogP contribution in [0.25, 0.3) is 0 Å². The average molecular weight is 407 g/mol. The summed E-state index contributed by atoms with van der Waals surface area (Å²) in [6.07, 6.45) is 0. The van der Waals surface area contributed by atoms with Gasteiger partial charge in [0.15, 0.2) is 0 Å². The third-order valence-electron chi connectivity index (χ3n) is 3.99. The van der Waals surface area contributed by atoms with Gasteiger partial charge in [0.1, 0.15) is 23.0 Å². The molecule has 0 aliphatic carbocycles. The van der Waals surface area contributed by atoms with Crippen LogP contribution in [0.1, 0.15) is 5.56 Å². The molecule has 1 amide bonds. The summed E-state index contributed by atoms with van der Waals surface area (Å²) < 4.78 is 34.0. The third kappa shape index (κ3) is 6.22. The molecule has 2 aromatic rings. The maximum atomic E-state index is 12.2. The van der Waals surface area contributed by atoms with Crippen LogP contribution in [0, 0.1) is 6.92 Å². The molecule has 2 rings (SSSR count). The van der Waals surface area contributed by atoms with Gasteiger partial charge in [-0.3, -0.25) is 9.69 Å². The highest BCUT2D eigenvalue weighted by Crippen LogP contribution is 2.26. The number of ether oxygens (including phenoxy) is 2. The van der Waals surface area contributed by atoms with E-state index in [4.69, 9.17) is 14.6 Å². The highest BCUT2D eigenvalue weighted by Gasteiger charge is 2.16. The molecule has 0 aromatic heterocycles. The van der Waals surface area contributed by atoms with Crippen molar-refractivity contribution in [2.75, 3.05) is 39.2 Å². The van der Waals surface area contributed by atoms with Crippen molar-refractivity contribution in [2.24, 2.45) is 5.14 Å². The summed E-state index contributed by atoms with van der Waals surface area (Å²) in [5.74, 6) is 0.643. The number of nitrogens with two attached hydrogens (primary N) is 1. The molecule has 2 aromatic carbocycles. The van der Waals surface area contributed by atoms with E-state index in [0.717, 1.165) is 11.3 Å². The quantitative estimate of drug-likeness (QED) is 0.653. The van der Waals surface area contributed by atoms with Crippen LogP contribution in [0.2, 0.25) is 0 Å². The van der Waals surface area contributed by atoms with Crippen LogP contribution in [-0.4, -0.2) is 53.1 Å². The highest BCUT2D eigenvalue weighted by molar-refractivity contribution is 7.89. The molecule has 0 bridgehead atoms. The molecule has 8 nitrogen and oxygen atoms in total. The van der Waals surface area contributed by atoms with Gasteiger partial charge in [-0.15, -0.1) is 0 Å². The Morgan fingerprint density at radius 2 is 1.89 bits per heavy atom. The smallest absolute Gasteiger partial charge is 0.241 e. The van der Waals surface area contributed by atoms with Crippen LogP contribution in [0.3, 0.4) is 0 Å². The van der Waals surface area contributed by atoms with Gasteiger partial charge in [0, 0.05) is 12.2 Å². The second-order valence-corrected chi connectivity index (χ2v) is 7.84. The van der Waals surface area contributed by atoms with E-state index in [9.17, 15) is 13.2 Å². The van der Waals surface area contributed by atoms with Crippen LogP contribution >= 0.6 is 0 Å². The second-order valence-electron chi connectivity index (χ2n) is 6.31. The summed E-state index contributed by atoms with van der Waals surface area (Å²) in [5, 5.41) is 7.84. The number of benzene rings is 2. The number of sulfonamides is 1. The lowest BCUT2D eigenvalue weighted by molar-refractivity contribution is -0.117. The minimum absolute atomic E-state index is 0.117. The first kappa shape index (κ1) is 21.7. The summed E-state index contributed by atoms with van der Waals surface area (Å²) in [6.45, 7) is 3.07. The maximum absolute atomic E-state index is 12.2. The summed E-state index contributed by atoms with van der Waals surface area (Å²) in [4.78, 5) is 13.8. The van der Waals surface area contributed by atoms with Crippen molar-refractivity contribution >= 4 is 21.6 Å². The predicted molar refractivity (Wildman–Crippen MR) is 107 cm³/mol. The lowest BCUT2D eigenvalue weighted by Gasteiger charge is -2.17. The van der Waals surface area contributed by atoms with Gasteiger partial charge < -0.3 is 14.8 Å². The molecule has 0 atom stereocenters. The predicted octanol–water partition coefficient (Wildman–Crippen LogP) is 1.60. The molecule has 152 valence electrons.